The first-order valence-corrected chi connectivity index (χ1v) is 8.55. The van der Waals surface area contributed by atoms with Crippen LogP contribution in [0.3, 0.4) is 0 Å². The van der Waals surface area contributed by atoms with Crippen LogP contribution in [-0.2, 0) is 18.5 Å². The Bertz CT molecular complexity index is 903. The lowest BCUT2D eigenvalue weighted by molar-refractivity contribution is 0.0946. The summed E-state index contributed by atoms with van der Waals surface area (Å²) in [7, 11) is 1.93. The summed E-state index contributed by atoms with van der Waals surface area (Å²) in [5.41, 5.74) is -0.501. The van der Waals surface area contributed by atoms with Gasteiger partial charge in [-0.3, -0.25) is 19.1 Å². The number of ketones is 1. The van der Waals surface area contributed by atoms with E-state index in [-0.39, 0.29) is 17.9 Å². The Balaban J connectivity index is 1.91. The number of aromatic nitrogens is 2. The van der Waals surface area contributed by atoms with E-state index < -0.39 is 22.6 Å². The van der Waals surface area contributed by atoms with E-state index in [0.717, 1.165) is 5.56 Å². The molecule has 0 radical (unpaired) electrons. The SMILES string of the molecule is CN1CCn2c(nc(C(=O)CCc3ccc(F)cc3)c(O)c2=O)C1(C)C. The minimum atomic E-state index is -0.599. The molecule has 1 aliphatic rings. The average molecular weight is 359 g/mol. The lowest BCUT2D eigenvalue weighted by atomic mass is 9.98. The molecule has 7 heteroatoms. The van der Waals surface area contributed by atoms with Gasteiger partial charge in [-0.05, 0) is 45.0 Å². The van der Waals surface area contributed by atoms with Gasteiger partial charge in [0.15, 0.2) is 11.5 Å². The fourth-order valence-electron chi connectivity index (χ4n) is 3.14. The van der Waals surface area contributed by atoms with E-state index >= 15 is 0 Å². The van der Waals surface area contributed by atoms with Crippen LogP contribution in [0.2, 0.25) is 0 Å². The van der Waals surface area contributed by atoms with Crippen molar-refractivity contribution in [2.24, 2.45) is 0 Å². The molecule has 2 heterocycles. The second-order valence-corrected chi connectivity index (χ2v) is 7.12. The van der Waals surface area contributed by atoms with Crippen LogP contribution in [0.25, 0.3) is 0 Å². The second kappa shape index (κ2) is 6.64. The van der Waals surface area contributed by atoms with Gasteiger partial charge in [0.1, 0.15) is 11.6 Å². The molecule has 138 valence electrons. The average Bonchev–Trinajstić information content (AvgIpc) is 2.60. The van der Waals surface area contributed by atoms with Crippen LogP contribution in [-0.4, -0.2) is 38.9 Å². The van der Waals surface area contributed by atoms with Gasteiger partial charge in [-0.25, -0.2) is 9.37 Å². The molecular formula is C19H22FN3O3. The molecule has 1 N–H and O–H groups in total. The van der Waals surface area contributed by atoms with Gasteiger partial charge in [-0.2, -0.15) is 0 Å². The first-order valence-electron chi connectivity index (χ1n) is 8.55. The van der Waals surface area contributed by atoms with Crippen LogP contribution in [0, 0.1) is 5.82 Å². The van der Waals surface area contributed by atoms with E-state index in [4.69, 9.17) is 0 Å². The third-order valence-electron chi connectivity index (χ3n) is 5.12. The Kier molecular flexibility index (Phi) is 4.66. The number of carbonyl (C=O) groups excluding carboxylic acids is 1. The molecule has 0 saturated heterocycles. The molecule has 0 atom stereocenters. The van der Waals surface area contributed by atoms with Crippen molar-refractivity contribution < 1.29 is 14.3 Å². The van der Waals surface area contributed by atoms with E-state index in [2.05, 4.69) is 9.88 Å². The van der Waals surface area contributed by atoms with Gasteiger partial charge in [0.25, 0.3) is 5.56 Å². The third kappa shape index (κ3) is 3.14. The normalized spacial score (nSPS) is 16.3. The summed E-state index contributed by atoms with van der Waals surface area (Å²) in [6.45, 7) is 4.92. The van der Waals surface area contributed by atoms with Crippen molar-refractivity contribution in [3.8, 4) is 5.75 Å². The molecule has 26 heavy (non-hydrogen) atoms. The van der Waals surface area contributed by atoms with E-state index in [1.807, 2.05) is 20.9 Å². The van der Waals surface area contributed by atoms with Crippen LogP contribution < -0.4 is 5.56 Å². The van der Waals surface area contributed by atoms with E-state index in [9.17, 15) is 19.1 Å². The highest BCUT2D eigenvalue weighted by molar-refractivity contribution is 5.96. The van der Waals surface area contributed by atoms with Crippen molar-refractivity contribution in [1.29, 1.82) is 0 Å². The summed E-state index contributed by atoms with van der Waals surface area (Å²) in [4.78, 5) is 31.5. The molecule has 0 unspecified atom stereocenters. The zero-order valence-electron chi connectivity index (χ0n) is 15.1. The molecule has 0 bridgehead atoms. The minimum Gasteiger partial charge on any atom is -0.501 e. The van der Waals surface area contributed by atoms with Crippen LogP contribution in [0.1, 0.15) is 42.1 Å². The predicted octanol–water partition coefficient (Wildman–Crippen LogP) is 2.08. The van der Waals surface area contributed by atoms with Crippen molar-refractivity contribution in [3.63, 3.8) is 0 Å². The van der Waals surface area contributed by atoms with E-state index in [1.54, 1.807) is 12.1 Å². The number of aromatic hydroxyl groups is 1. The molecule has 2 aromatic rings. The number of hydrogen-bond donors (Lipinski definition) is 1. The Morgan fingerprint density at radius 1 is 1.27 bits per heavy atom. The molecule has 1 aromatic heterocycles. The smallest absolute Gasteiger partial charge is 0.296 e. The van der Waals surface area contributed by atoms with Gasteiger partial charge in [0, 0.05) is 19.5 Å². The molecule has 0 spiro atoms. The lowest BCUT2D eigenvalue weighted by Crippen LogP contribution is -2.50. The van der Waals surface area contributed by atoms with Gasteiger partial charge in [0.05, 0.1) is 5.54 Å². The summed E-state index contributed by atoms with van der Waals surface area (Å²) in [6, 6.07) is 5.88. The summed E-state index contributed by atoms with van der Waals surface area (Å²) >= 11 is 0. The number of Topliss-reactive ketones (excluding diaryl/α,β-unsaturated/α-hetero) is 1. The van der Waals surface area contributed by atoms with Gasteiger partial charge < -0.3 is 5.11 Å². The number of carbonyl (C=O) groups is 1. The number of rotatable bonds is 4. The molecule has 0 fully saturated rings. The van der Waals surface area contributed by atoms with Gasteiger partial charge >= 0.3 is 0 Å². The molecule has 1 aromatic carbocycles. The largest absolute Gasteiger partial charge is 0.501 e. The fourth-order valence-corrected chi connectivity index (χ4v) is 3.14. The molecule has 3 rings (SSSR count). The van der Waals surface area contributed by atoms with Crippen LogP contribution in [0.5, 0.6) is 5.75 Å². The number of benzene rings is 1. The zero-order valence-corrected chi connectivity index (χ0v) is 15.1. The maximum absolute atomic E-state index is 13.0. The van der Waals surface area contributed by atoms with Gasteiger partial charge in [0.2, 0.25) is 5.75 Å². The molecular weight excluding hydrogens is 337 g/mol. The zero-order chi connectivity index (χ0) is 19.1. The highest BCUT2D eigenvalue weighted by atomic mass is 19.1. The van der Waals surface area contributed by atoms with Crippen molar-refractivity contribution in [2.75, 3.05) is 13.6 Å². The van der Waals surface area contributed by atoms with Gasteiger partial charge in [-0.1, -0.05) is 12.1 Å². The monoisotopic (exact) mass is 359 g/mol. The van der Waals surface area contributed by atoms with Crippen molar-refractivity contribution in [2.45, 2.75) is 38.8 Å². The van der Waals surface area contributed by atoms with Crippen LogP contribution in [0.4, 0.5) is 4.39 Å². The third-order valence-corrected chi connectivity index (χ3v) is 5.12. The Hall–Kier alpha value is -2.54. The minimum absolute atomic E-state index is 0.0748. The summed E-state index contributed by atoms with van der Waals surface area (Å²) < 4.78 is 14.4. The quantitative estimate of drug-likeness (QED) is 0.846. The number of halogens is 1. The maximum atomic E-state index is 13.0. The predicted molar refractivity (Wildman–Crippen MR) is 94.9 cm³/mol. The van der Waals surface area contributed by atoms with Crippen molar-refractivity contribution in [1.82, 2.24) is 14.5 Å². The van der Waals surface area contributed by atoms with Crippen LogP contribution in [0.15, 0.2) is 29.1 Å². The van der Waals surface area contributed by atoms with E-state index in [1.165, 1.54) is 16.7 Å². The molecule has 0 saturated carbocycles. The number of likely N-dealkylation sites (N-methyl/N-ethyl adjacent to an activating group) is 1. The number of hydrogen-bond acceptors (Lipinski definition) is 5. The Morgan fingerprint density at radius 3 is 2.58 bits per heavy atom. The molecule has 6 nitrogen and oxygen atoms in total. The standard InChI is InChI=1S/C19H22FN3O3/c1-19(2)18-21-15(16(25)17(26)23(18)11-10-22(19)3)14(24)9-6-12-4-7-13(20)8-5-12/h4-5,7-8,25H,6,9-11H2,1-3H3. The highest BCUT2D eigenvalue weighted by Crippen LogP contribution is 2.29. The Morgan fingerprint density at radius 2 is 1.92 bits per heavy atom. The van der Waals surface area contributed by atoms with Crippen molar-refractivity contribution in [3.05, 3.63) is 57.5 Å². The number of fused-ring (bicyclic) bond motifs is 1. The van der Waals surface area contributed by atoms with Crippen LogP contribution >= 0.6 is 0 Å². The summed E-state index contributed by atoms with van der Waals surface area (Å²) in [5, 5.41) is 10.2. The molecule has 0 aliphatic carbocycles. The molecule has 0 amide bonds. The summed E-state index contributed by atoms with van der Waals surface area (Å²) in [5.74, 6) is -0.873. The second-order valence-electron chi connectivity index (χ2n) is 7.12. The topological polar surface area (TPSA) is 75.4 Å². The lowest BCUT2D eigenvalue weighted by Gasteiger charge is -2.40. The molecule has 1 aliphatic heterocycles. The van der Waals surface area contributed by atoms with E-state index in [0.29, 0.717) is 25.3 Å². The Labute approximate surface area is 150 Å². The van der Waals surface area contributed by atoms with Gasteiger partial charge in [-0.15, -0.1) is 0 Å². The first-order chi connectivity index (χ1) is 12.2. The highest BCUT2D eigenvalue weighted by Gasteiger charge is 2.36. The first kappa shape index (κ1) is 18.3. The number of nitrogens with zero attached hydrogens (tertiary/aromatic N) is 3. The maximum Gasteiger partial charge on any atom is 0.296 e. The number of aryl methyl sites for hydroxylation is 1. The fraction of sp³-hybridized carbons (Fsp3) is 0.421. The summed E-state index contributed by atoms with van der Waals surface area (Å²) in [6.07, 6.45) is 0.452. The van der Waals surface area contributed by atoms with Crippen molar-refractivity contribution >= 4 is 5.78 Å².